The van der Waals surface area contributed by atoms with Crippen LogP contribution in [0.1, 0.15) is 55.2 Å². The number of rotatable bonds is 7. The van der Waals surface area contributed by atoms with Gasteiger partial charge in [0, 0.05) is 11.8 Å². The fraction of sp³-hybridized carbons (Fsp3) is 0.368. The van der Waals surface area contributed by atoms with Crippen molar-refractivity contribution in [3.8, 4) is 0 Å². The molecule has 0 bridgehead atoms. The van der Waals surface area contributed by atoms with E-state index < -0.39 is 0 Å². The predicted octanol–water partition coefficient (Wildman–Crippen LogP) is 3.11. The van der Waals surface area contributed by atoms with Crippen molar-refractivity contribution >= 4 is 23.2 Å². The van der Waals surface area contributed by atoms with Crippen molar-refractivity contribution in [3.05, 3.63) is 57.8 Å². The monoisotopic (exact) mass is 359 g/mol. The number of amides is 2. The average Bonchev–Trinajstić information content (AvgIpc) is 3.14. The first-order chi connectivity index (χ1) is 12.0. The summed E-state index contributed by atoms with van der Waals surface area (Å²) in [5.74, 6) is -0.0533. The van der Waals surface area contributed by atoms with Gasteiger partial charge >= 0.3 is 0 Å². The van der Waals surface area contributed by atoms with Gasteiger partial charge in [0.1, 0.15) is 0 Å². The molecule has 0 aliphatic rings. The van der Waals surface area contributed by atoms with E-state index >= 15 is 0 Å². The van der Waals surface area contributed by atoms with Crippen molar-refractivity contribution in [3.63, 3.8) is 0 Å². The van der Waals surface area contributed by atoms with Gasteiger partial charge in [-0.3, -0.25) is 25.8 Å². The van der Waals surface area contributed by atoms with Gasteiger partial charge in [0.15, 0.2) is 0 Å². The van der Waals surface area contributed by atoms with Gasteiger partial charge < -0.3 is 0 Å². The molecule has 2 rings (SSSR count). The minimum absolute atomic E-state index is 0.0611. The summed E-state index contributed by atoms with van der Waals surface area (Å²) in [6.07, 6.45) is 1.11. The van der Waals surface area contributed by atoms with Crippen LogP contribution in [0.4, 0.5) is 0 Å². The molecule has 2 atom stereocenters. The standard InChI is InChI=1S/C19H25N3O2S/c1-4-13(2)15-7-9-16(10-8-15)19(17-6-5-11-25-17)20-12-18(24)22-21-14(3)23/h5-11,13,19-20H,4,12H2,1-3H3,(H,21,23)(H,22,24)/t13-,19+/m1/s1. The molecule has 2 aromatic rings. The molecular formula is C19H25N3O2S. The third-order valence-electron chi connectivity index (χ3n) is 4.12. The maximum atomic E-state index is 11.9. The Hall–Kier alpha value is -2.18. The lowest BCUT2D eigenvalue weighted by Gasteiger charge is -2.19. The second kappa shape index (κ2) is 9.34. The number of thiophene rings is 1. The molecule has 0 fully saturated rings. The summed E-state index contributed by atoms with van der Waals surface area (Å²) < 4.78 is 0. The molecule has 1 heterocycles. The number of carbonyl (C=O) groups excluding carboxylic acids is 2. The SMILES string of the molecule is CC[C@@H](C)c1ccc([C@H](NCC(=O)NNC(C)=O)c2cccs2)cc1. The molecule has 0 saturated heterocycles. The van der Waals surface area contributed by atoms with E-state index in [1.54, 1.807) is 11.3 Å². The first-order valence-corrected chi connectivity index (χ1v) is 9.31. The highest BCUT2D eigenvalue weighted by Crippen LogP contribution is 2.27. The highest BCUT2D eigenvalue weighted by Gasteiger charge is 2.16. The van der Waals surface area contributed by atoms with Crippen molar-refractivity contribution in [1.29, 1.82) is 0 Å². The van der Waals surface area contributed by atoms with E-state index in [2.05, 4.69) is 60.3 Å². The number of hydrogen-bond acceptors (Lipinski definition) is 4. The van der Waals surface area contributed by atoms with Crippen LogP contribution in [0.15, 0.2) is 41.8 Å². The molecule has 0 aliphatic carbocycles. The number of hydrazine groups is 1. The van der Waals surface area contributed by atoms with E-state index in [-0.39, 0.29) is 24.4 Å². The van der Waals surface area contributed by atoms with Crippen LogP contribution in [0.3, 0.4) is 0 Å². The van der Waals surface area contributed by atoms with Crippen molar-refractivity contribution in [2.24, 2.45) is 0 Å². The van der Waals surface area contributed by atoms with Crippen LogP contribution in [-0.2, 0) is 9.59 Å². The summed E-state index contributed by atoms with van der Waals surface area (Å²) in [5.41, 5.74) is 7.09. The number of carbonyl (C=O) groups is 2. The molecule has 1 aromatic heterocycles. The Balaban J connectivity index is 2.09. The second-order valence-corrected chi connectivity index (χ2v) is 7.01. The van der Waals surface area contributed by atoms with Crippen LogP contribution in [0.2, 0.25) is 0 Å². The minimum atomic E-state index is -0.302. The first-order valence-electron chi connectivity index (χ1n) is 8.43. The number of hydrogen-bond donors (Lipinski definition) is 3. The average molecular weight is 359 g/mol. The van der Waals surface area contributed by atoms with E-state index in [0.29, 0.717) is 5.92 Å². The molecule has 0 unspecified atom stereocenters. The first kappa shape index (κ1) is 19.1. The molecule has 1 aromatic carbocycles. The molecule has 2 amide bonds. The normalized spacial score (nSPS) is 13.1. The van der Waals surface area contributed by atoms with Gasteiger partial charge in [-0.2, -0.15) is 0 Å². The summed E-state index contributed by atoms with van der Waals surface area (Å²) in [6, 6.07) is 12.5. The lowest BCUT2D eigenvalue weighted by atomic mass is 9.95. The zero-order valence-corrected chi connectivity index (χ0v) is 15.7. The summed E-state index contributed by atoms with van der Waals surface area (Å²) in [4.78, 5) is 23.9. The van der Waals surface area contributed by atoms with Crippen molar-refractivity contribution < 1.29 is 9.59 Å². The molecule has 0 spiro atoms. The predicted molar refractivity (Wildman–Crippen MR) is 101 cm³/mol. The quantitative estimate of drug-likeness (QED) is 0.665. The van der Waals surface area contributed by atoms with Gasteiger partial charge in [-0.1, -0.05) is 44.2 Å². The molecule has 0 saturated carbocycles. The van der Waals surface area contributed by atoms with Gasteiger partial charge in [-0.05, 0) is 34.9 Å². The fourth-order valence-corrected chi connectivity index (χ4v) is 3.31. The Kier molecular flexibility index (Phi) is 7.16. The van der Waals surface area contributed by atoms with Gasteiger partial charge in [-0.25, -0.2) is 0 Å². The molecule has 25 heavy (non-hydrogen) atoms. The van der Waals surface area contributed by atoms with Crippen LogP contribution < -0.4 is 16.2 Å². The van der Waals surface area contributed by atoms with Gasteiger partial charge in [0.25, 0.3) is 5.91 Å². The van der Waals surface area contributed by atoms with Crippen LogP contribution in [0, 0.1) is 0 Å². The van der Waals surface area contributed by atoms with Crippen LogP contribution in [0.25, 0.3) is 0 Å². The largest absolute Gasteiger partial charge is 0.297 e. The van der Waals surface area contributed by atoms with Crippen LogP contribution in [0.5, 0.6) is 0 Å². The van der Waals surface area contributed by atoms with Crippen molar-refractivity contribution in [2.75, 3.05) is 6.54 Å². The molecule has 6 heteroatoms. The maximum absolute atomic E-state index is 11.9. The Bertz CT molecular complexity index is 683. The smallest absolute Gasteiger partial charge is 0.252 e. The van der Waals surface area contributed by atoms with E-state index in [1.165, 1.54) is 12.5 Å². The summed E-state index contributed by atoms with van der Waals surface area (Å²) in [5, 5.41) is 5.29. The van der Waals surface area contributed by atoms with Crippen LogP contribution in [-0.4, -0.2) is 18.4 Å². The molecule has 0 radical (unpaired) electrons. The Morgan fingerprint density at radius 2 is 1.76 bits per heavy atom. The number of benzene rings is 1. The topological polar surface area (TPSA) is 70.2 Å². The zero-order chi connectivity index (χ0) is 18.2. The zero-order valence-electron chi connectivity index (χ0n) is 14.8. The summed E-state index contributed by atoms with van der Waals surface area (Å²) in [7, 11) is 0. The Morgan fingerprint density at radius 3 is 2.32 bits per heavy atom. The molecular weight excluding hydrogens is 334 g/mol. The van der Waals surface area contributed by atoms with Gasteiger partial charge in [-0.15, -0.1) is 11.3 Å². The van der Waals surface area contributed by atoms with Crippen molar-refractivity contribution in [1.82, 2.24) is 16.2 Å². The van der Waals surface area contributed by atoms with E-state index in [9.17, 15) is 9.59 Å². The van der Waals surface area contributed by atoms with Gasteiger partial charge in [0.2, 0.25) is 5.91 Å². The van der Waals surface area contributed by atoms with Crippen LogP contribution >= 0.6 is 11.3 Å². The maximum Gasteiger partial charge on any atom is 0.252 e. The highest BCUT2D eigenvalue weighted by atomic mass is 32.1. The minimum Gasteiger partial charge on any atom is -0.297 e. The molecule has 5 nitrogen and oxygen atoms in total. The molecule has 134 valence electrons. The number of nitrogens with one attached hydrogen (secondary N) is 3. The van der Waals surface area contributed by atoms with E-state index in [0.717, 1.165) is 16.9 Å². The summed E-state index contributed by atoms with van der Waals surface area (Å²) in [6.45, 7) is 5.86. The van der Waals surface area contributed by atoms with Gasteiger partial charge in [0.05, 0.1) is 12.6 Å². The van der Waals surface area contributed by atoms with Crippen molar-refractivity contribution in [2.45, 2.75) is 39.2 Å². The molecule has 0 aliphatic heterocycles. The lowest BCUT2D eigenvalue weighted by Crippen LogP contribution is -2.45. The molecule has 3 N–H and O–H groups in total. The lowest BCUT2D eigenvalue weighted by molar-refractivity contribution is -0.127. The third-order valence-corrected chi connectivity index (χ3v) is 5.06. The fourth-order valence-electron chi connectivity index (χ4n) is 2.49. The Morgan fingerprint density at radius 1 is 1.08 bits per heavy atom. The third kappa shape index (κ3) is 5.69. The van der Waals surface area contributed by atoms with E-state index in [4.69, 9.17) is 0 Å². The Labute approximate surface area is 152 Å². The van der Waals surface area contributed by atoms with E-state index in [1.807, 2.05) is 11.4 Å². The highest BCUT2D eigenvalue weighted by molar-refractivity contribution is 7.10. The summed E-state index contributed by atoms with van der Waals surface area (Å²) >= 11 is 1.65. The second-order valence-electron chi connectivity index (χ2n) is 6.03.